The molecular formula is C13H22OS. The second-order valence-electron chi connectivity index (χ2n) is 4.40. The van der Waals surface area contributed by atoms with E-state index in [9.17, 15) is 0 Å². The van der Waals surface area contributed by atoms with Crippen LogP contribution in [0.15, 0.2) is 11.1 Å². The lowest BCUT2D eigenvalue weighted by Crippen LogP contribution is -2.12. The maximum atomic E-state index is 5.20. The van der Waals surface area contributed by atoms with Gasteiger partial charge in [-0.2, -0.15) is 0 Å². The monoisotopic (exact) mass is 226 g/mol. The summed E-state index contributed by atoms with van der Waals surface area (Å²) in [6.07, 6.45) is 8.13. The Morgan fingerprint density at radius 2 is 2.00 bits per heavy atom. The van der Waals surface area contributed by atoms with Gasteiger partial charge in [-0.1, -0.05) is 31.8 Å². The van der Waals surface area contributed by atoms with Crippen LogP contribution >= 0.6 is 12.2 Å². The zero-order chi connectivity index (χ0) is 11.1. The molecule has 0 unspecified atom stereocenters. The summed E-state index contributed by atoms with van der Waals surface area (Å²) in [6.45, 7) is 5.13. The minimum atomic E-state index is 0.684. The molecule has 0 aliphatic heterocycles. The SMILES string of the molecule is CCC(=C(C)COC=S)C1CCCCC1. The molecule has 0 aromatic rings. The Bertz CT molecular complexity index is 227. The maximum absolute atomic E-state index is 5.20. The van der Waals surface area contributed by atoms with Gasteiger partial charge in [0.05, 0.1) is 0 Å². The number of hydrogen-bond acceptors (Lipinski definition) is 2. The van der Waals surface area contributed by atoms with Gasteiger partial charge in [-0.25, -0.2) is 0 Å². The first-order valence-electron chi connectivity index (χ1n) is 6.03. The largest absolute Gasteiger partial charge is 0.485 e. The lowest BCUT2D eigenvalue weighted by Gasteiger charge is -2.25. The van der Waals surface area contributed by atoms with Crippen molar-refractivity contribution in [2.75, 3.05) is 6.61 Å². The summed E-state index contributed by atoms with van der Waals surface area (Å²) in [7, 11) is 0. The molecule has 0 aromatic carbocycles. The van der Waals surface area contributed by atoms with E-state index in [1.165, 1.54) is 43.2 Å². The minimum Gasteiger partial charge on any atom is -0.485 e. The molecule has 0 atom stereocenters. The van der Waals surface area contributed by atoms with Crippen LogP contribution in [0.5, 0.6) is 0 Å². The Morgan fingerprint density at radius 1 is 1.33 bits per heavy atom. The fourth-order valence-corrected chi connectivity index (χ4v) is 2.71. The van der Waals surface area contributed by atoms with Crippen LogP contribution in [0.2, 0.25) is 0 Å². The van der Waals surface area contributed by atoms with Crippen LogP contribution in [0.3, 0.4) is 0 Å². The number of thiocarbonyl (C=S) groups is 1. The highest BCUT2D eigenvalue weighted by Gasteiger charge is 2.18. The molecule has 0 bridgehead atoms. The van der Waals surface area contributed by atoms with E-state index in [1.54, 1.807) is 5.57 Å². The van der Waals surface area contributed by atoms with E-state index in [0.29, 0.717) is 6.61 Å². The first kappa shape index (κ1) is 12.7. The van der Waals surface area contributed by atoms with Crippen molar-refractivity contribution in [2.24, 2.45) is 5.92 Å². The lowest BCUT2D eigenvalue weighted by atomic mass is 9.81. The molecule has 0 saturated heterocycles. The van der Waals surface area contributed by atoms with Crippen molar-refractivity contribution in [3.8, 4) is 0 Å². The summed E-state index contributed by atoms with van der Waals surface area (Å²) in [4.78, 5) is 0. The van der Waals surface area contributed by atoms with E-state index in [-0.39, 0.29) is 0 Å². The smallest absolute Gasteiger partial charge is 0.146 e. The minimum absolute atomic E-state index is 0.684. The van der Waals surface area contributed by atoms with E-state index in [2.05, 4.69) is 26.1 Å². The summed E-state index contributed by atoms with van der Waals surface area (Å²) < 4.78 is 5.20. The van der Waals surface area contributed by atoms with Gasteiger partial charge in [-0.05, 0) is 49.9 Å². The molecule has 1 fully saturated rings. The van der Waals surface area contributed by atoms with Crippen molar-refractivity contribution in [1.82, 2.24) is 0 Å². The van der Waals surface area contributed by atoms with Gasteiger partial charge in [0.1, 0.15) is 12.2 Å². The van der Waals surface area contributed by atoms with Gasteiger partial charge in [-0.3, -0.25) is 0 Å². The van der Waals surface area contributed by atoms with Crippen molar-refractivity contribution < 1.29 is 4.74 Å². The fourth-order valence-electron chi connectivity index (χ4n) is 2.64. The third kappa shape index (κ3) is 3.94. The van der Waals surface area contributed by atoms with Crippen LogP contribution < -0.4 is 0 Å². The van der Waals surface area contributed by atoms with Crippen LogP contribution in [-0.4, -0.2) is 12.2 Å². The molecule has 0 spiro atoms. The molecular weight excluding hydrogens is 204 g/mol. The van der Waals surface area contributed by atoms with E-state index >= 15 is 0 Å². The second-order valence-corrected chi connectivity index (χ2v) is 4.59. The van der Waals surface area contributed by atoms with E-state index in [4.69, 9.17) is 4.74 Å². The van der Waals surface area contributed by atoms with Crippen molar-refractivity contribution in [1.29, 1.82) is 0 Å². The Morgan fingerprint density at radius 3 is 2.53 bits per heavy atom. The first-order chi connectivity index (χ1) is 7.29. The van der Waals surface area contributed by atoms with Gasteiger partial charge < -0.3 is 4.74 Å². The Hall–Kier alpha value is -0.370. The first-order valence-corrected chi connectivity index (χ1v) is 6.50. The lowest BCUT2D eigenvalue weighted by molar-refractivity contribution is 0.350. The highest BCUT2D eigenvalue weighted by atomic mass is 32.1. The van der Waals surface area contributed by atoms with Crippen LogP contribution in [0.1, 0.15) is 52.4 Å². The van der Waals surface area contributed by atoms with Crippen molar-refractivity contribution in [3.63, 3.8) is 0 Å². The van der Waals surface area contributed by atoms with Gasteiger partial charge in [-0.15, -0.1) is 0 Å². The number of rotatable bonds is 5. The zero-order valence-corrected chi connectivity index (χ0v) is 10.7. The van der Waals surface area contributed by atoms with Crippen molar-refractivity contribution in [2.45, 2.75) is 52.4 Å². The number of hydrogen-bond donors (Lipinski definition) is 0. The molecule has 0 N–H and O–H groups in total. The topological polar surface area (TPSA) is 9.23 Å². The normalized spacial score (nSPS) is 19.6. The summed E-state index contributed by atoms with van der Waals surface area (Å²) in [5.74, 6) is 0.817. The summed E-state index contributed by atoms with van der Waals surface area (Å²) in [5, 5.41) is 0. The average molecular weight is 226 g/mol. The Balaban J connectivity index is 2.61. The molecule has 1 saturated carbocycles. The highest BCUT2D eigenvalue weighted by molar-refractivity contribution is 7.78. The predicted molar refractivity (Wildman–Crippen MR) is 69.2 cm³/mol. The molecule has 0 radical (unpaired) electrons. The third-order valence-electron chi connectivity index (χ3n) is 3.39. The van der Waals surface area contributed by atoms with Crippen LogP contribution in [0.4, 0.5) is 0 Å². The van der Waals surface area contributed by atoms with Gasteiger partial charge in [0.25, 0.3) is 0 Å². The third-order valence-corrected chi connectivity index (χ3v) is 3.53. The second kappa shape index (κ2) is 7.00. The van der Waals surface area contributed by atoms with E-state index in [1.807, 2.05) is 0 Å². The molecule has 1 aliphatic rings. The Kier molecular flexibility index (Phi) is 5.92. The average Bonchev–Trinajstić information content (AvgIpc) is 2.29. The molecule has 0 amide bonds. The number of ether oxygens (including phenoxy) is 1. The van der Waals surface area contributed by atoms with Crippen LogP contribution in [0, 0.1) is 5.92 Å². The maximum Gasteiger partial charge on any atom is 0.146 e. The number of allylic oxidation sites excluding steroid dienone is 1. The van der Waals surface area contributed by atoms with Crippen LogP contribution in [-0.2, 0) is 4.74 Å². The molecule has 1 nitrogen and oxygen atoms in total. The Labute approximate surface area is 98.9 Å². The molecule has 1 rings (SSSR count). The molecule has 1 aliphatic carbocycles. The summed E-state index contributed by atoms with van der Waals surface area (Å²) in [5.41, 5.74) is 4.38. The quantitative estimate of drug-likeness (QED) is 0.511. The van der Waals surface area contributed by atoms with Gasteiger partial charge in [0.2, 0.25) is 0 Å². The van der Waals surface area contributed by atoms with Gasteiger partial charge >= 0.3 is 0 Å². The molecule has 15 heavy (non-hydrogen) atoms. The predicted octanol–water partition coefficient (Wildman–Crippen LogP) is 4.27. The van der Waals surface area contributed by atoms with E-state index < -0.39 is 0 Å². The molecule has 2 heteroatoms. The highest BCUT2D eigenvalue weighted by Crippen LogP contribution is 2.32. The summed E-state index contributed by atoms with van der Waals surface area (Å²) in [6, 6.07) is 0. The van der Waals surface area contributed by atoms with Gasteiger partial charge in [0, 0.05) is 0 Å². The van der Waals surface area contributed by atoms with Crippen LogP contribution in [0.25, 0.3) is 0 Å². The standard InChI is InChI=1S/C13H22OS/c1-3-13(11(2)9-14-10-15)12-7-5-4-6-8-12/h10,12H,3-9H2,1-2H3. The van der Waals surface area contributed by atoms with Crippen molar-refractivity contribution in [3.05, 3.63) is 11.1 Å². The van der Waals surface area contributed by atoms with E-state index in [0.717, 1.165) is 12.3 Å². The van der Waals surface area contributed by atoms with Crippen molar-refractivity contribution >= 4 is 17.8 Å². The fraction of sp³-hybridized carbons (Fsp3) is 0.769. The molecule has 0 aromatic heterocycles. The zero-order valence-electron chi connectivity index (χ0n) is 9.92. The van der Waals surface area contributed by atoms with Gasteiger partial charge in [0.15, 0.2) is 0 Å². The summed E-state index contributed by atoms with van der Waals surface area (Å²) >= 11 is 4.68. The molecule has 0 heterocycles. The molecule has 86 valence electrons.